The van der Waals surface area contributed by atoms with Crippen LogP contribution in [0.4, 0.5) is 0 Å². The second-order valence-corrected chi connectivity index (χ2v) is 3.57. The van der Waals surface area contributed by atoms with Crippen LogP contribution in [-0.4, -0.2) is 19.1 Å². The number of aryl methyl sites for hydroxylation is 1. The molecule has 4 nitrogen and oxygen atoms in total. The Kier molecular flexibility index (Phi) is 4.62. The largest absolute Gasteiger partial charge is 0.483 e. The molecular formula is C11H11ClN2O2. The van der Waals surface area contributed by atoms with Crippen molar-refractivity contribution in [3.8, 4) is 11.8 Å². The first-order valence-corrected chi connectivity index (χ1v) is 5.04. The molecule has 1 rings (SSSR count). The number of hydrogen-bond acceptors (Lipinski definition) is 3. The maximum absolute atomic E-state index is 11.2. The van der Waals surface area contributed by atoms with Crippen molar-refractivity contribution in [2.75, 3.05) is 13.2 Å². The molecule has 0 unspecified atom stereocenters. The van der Waals surface area contributed by atoms with Gasteiger partial charge in [0, 0.05) is 5.02 Å². The van der Waals surface area contributed by atoms with Gasteiger partial charge in [0.1, 0.15) is 12.3 Å². The SMILES string of the molecule is Cc1ccc(Cl)cc1OCC(=O)NCC#N. The second kappa shape index (κ2) is 5.99. The average Bonchev–Trinajstić information content (AvgIpc) is 2.27. The van der Waals surface area contributed by atoms with E-state index >= 15 is 0 Å². The van der Waals surface area contributed by atoms with Crippen molar-refractivity contribution in [2.45, 2.75) is 6.92 Å². The summed E-state index contributed by atoms with van der Waals surface area (Å²) in [6.45, 7) is 1.72. The van der Waals surface area contributed by atoms with E-state index in [1.54, 1.807) is 12.1 Å². The molecule has 84 valence electrons. The van der Waals surface area contributed by atoms with E-state index < -0.39 is 0 Å². The average molecular weight is 239 g/mol. The third-order valence-corrected chi connectivity index (χ3v) is 2.11. The van der Waals surface area contributed by atoms with Crippen LogP contribution in [0.3, 0.4) is 0 Å². The first-order valence-electron chi connectivity index (χ1n) is 4.66. The molecule has 0 aliphatic rings. The number of halogens is 1. The number of benzene rings is 1. The summed E-state index contributed by atoms with van der Waals surface area (Å²) in [7, 11) is 0. The fourth-order valence-electron chi connectivity index (χ4n) is 1.06. The summed E-state index contributed by atoms with van der Waals surface area (Å²) in [5.41, 5.74) is 0.900. The first-order chi connectivity index (χ1) is 7.63. The molecule has 0 saturated heterocycles. The van der Waals surface area contributed by atoms with E-state index in [-0.39, 0.29) is 19.1 Å². The minimum absolute atomic E-state index is 0.0171. The predicted molar refractivity (Wildman–Crippen MR) is 60.3 cm³/mol. The molecule has 1 aromatic carbocycles. The summed E-state index contributed by atoms with van der Waals surface area (Å²) in [5, 5.41) is 11.2. The minimum Gasteiger partial charge on any atom is -0.483 e. The highest BCUT2D eigenvalue weighted by atomic mass is 35.5. The maximum Gasteiger partial charge on any atom is 0.258 e. The van der Waals surface area contributed by atoms with Crippen LogP contribution in [-0.2, 0) is 4.79 Å². The van der Waals surface area contributed by atoms with Gasteiger partial charge in [-0.1, -0.05) is 17.7 Å². The number of nitrogens with zero attached hydrogens (tertiary/aromatic N) is 1. The molecule has 0 atom stereocenters. The zero-order valence-corrected chi connectivity index (χ0v) is 9.54. The minimum atomic E-state index is -0.332. The molecule has 5 heteroatoms. The third-order valence-electron chi connectivity index (χ3n) is 1.87. The molecule has 1 aromatic rings. The van der Waals surface area contributed by atoms with Crippen molar-refractivity contribution < 1.29 is 9.53 Å². The van der Waals surface area contributed by atoms with E-state index in [1.165, 1.54) is 0 Å². The Hall–Kier alpha value is -1.73. The molecule has 0 aliphatic carbocycles. The van der Waals surface area contributed by atoms with Gasteiger partial charge in [0.15, 0.2) is 6.61 Å². The normalized spacial score (nSPS) is 9.31. The van der Waals surface area contributed by atoms with Crippen molar-refractivity contribution in [3.05, 3.63) is 28.8 Å². The van der Waals surface area contributed by atoms with Gasteiger partial charge in [-0.25, -0.2) is 0 Å². The lowest BCUT2D eigenvalue weighted by Crippen LogP contribution is -2.29. The van der Waals surface area contributed by atoms with Crippen molar-refractivity contribution in [3.63, 3.8) is 0 Å². The van der Waals surface area contributed by atoms with Crippen LogP contribution < -0.4 is 10.1 Å². The van der Waals surface area contributed by atoms with Crippen LogP contribution in [0.25, 0.3) is 0 Å². The van der Waals surface area contributed by atoms with Gasteiger partial charge in [-0.2, -0.15) is 5.26 Å². The zero-order chi connectivity index (χ0) is 12.0. The molecule has 0 heterocycles. The molecule has 0 bridgehead atoms. The fraction of sp³-hybridized carbons (Fsp3) is 0.273. The van der Waals surface area contributed by atoms with Crippen molar-refractivity contribution in [2.24, 2.45) is 0 Å². The highest BCUT2D eigenvalue weighted by Gasteiger charge is 2.04. The number of ether oxygens (including phenoxy) is 1. The summed E-state index contributed by atoms with van der Waals surface area (Å²) < 4.78 is 5.27. The summed E-state index contributed by atoms with van der Waals surface area (Å²) in [5.74, 6) is 0.237. The fourth-order valence-corrected chi connectivity index (χ4v) is 1.22. The number of rotatable bonds is 4. The lowest BCUT2D eigenvalue weighted by molar-refractivity contribution is -0.122. The van der Waals surface area contributed by atoms with E-state index in [2.05, 4.69) is 5.32 Å². The van der Waals surface area contributed by atoms with E-state index in [0.717, 1.165) is 5.56 Å². The van der Waals surface area contributed by atoms with Gasteiger partial charge in [-0.3, -0.25) is 4.79 Å². The van der Waals surface area contributed by atoms with Crippen molar-refractivity contribution in [1.82, 2.24) is 5.32 Å². The highest BCUT2D eigenvalue weighted by molar-refractivity contribution is 6.30. The molecule has 0 fully saturated rings. The summed E-state index contributed by atoms with van der Waals surface area (Å²) in [6.07, 6.45) is 0. The van der Waals surface area contributed by atoms with Gasteiger partial charge < -0.3 is 10.1 Å². The van der Waals surface area contributed by atoms with Crippen LogP contribution in [0.5, 0.6) is 5.75 Å². The van der Waals surface area contributed by atoms with E-state index in [4.69, 9.17) is 21.6 Å². The standard InChI is InChI=1S/C11H11ClN2O2/c1-8-2-3-9(12)6-10(8)16-7-11(15)14-5-4-13/h2-3,6H,5,7H2,1H3,(H,14,15). The van der Waals surface area contributed by atoms with Gasteiger partial charge in [0.2, 0.25) is 0 Å². The molecule has 0 radical (unpaired) electrons. The molecule has 16 heavy (non-hydrogen) atoms. The topological polar surface area (TPSA) is 62.1 Å². The third kappa shape index (κ3) is 3.79. The van der Waals surface area contributed by atoms with Crippen LogP contribution in [0.1, 0.15) is 5.56 Å². The number of carbonyl (C=O) groups is 1. The number of amides is 1. The molecule has 0 aliphatic heterocycles. The van der Waals surface area contributed by atoms with E-state index in [9.17, 15) is 4.79 Å². The van der Waals surface area contributed by atoms with Crippen LogP contribution in [0.15, 0.2) is 18.2 Å². The Morgan fingerprint density at radius 1 is 1.62 bits per heavy atom. The first kappa shape index (κ1) is 12.3. The van der Waals surface area contributed by atoms with Crippen LogP contribution in [0.2, 0.25) is 5.02 Å². The number of carbonyl (C=O) groups excluding carboxylic acids is 1. The van der Waals surface area contributed by atoms with Gasteiger partial charge in [0.05, 0.1) is 6.07 Å². The highest BCUT2D eigenvalue weighted by Crippen LogP contribution is 2.22. The second-order valence-electron chi connectivity index (χ2n) is 3.13. The zero-order valence-electron chi connectivity index (χ0n) is 8.79. The van der Waals surface area contributed by atoms with Gasteiger partial charge >= 0.3 is 0 Å². The molecule has 0 saturated carbocycles. The summed E-state index contributed by atoms with van der Waals surface area (Å²) in [6, 6.07) is 7.02. The van der Waals surface area contributed by atoms with Crippen LogP contribution in [0, 0.1) is 18.3 Å². The number of hydrogen-bond donors (Lipinski definition) is 1. The quantitative estimate of drug-likeness (QED) is 0.812. The molecular weight excluding hydrogens is 228 g/mol. The molecule has 1 N–H and O–H groups in total. The monoisotopic (exact) mass is 238 g/mol. The maximum atomic E-state index is 11.2. The van der Waals surface area contributed by atoms with Gasteiger partial charge in [-0.15, -0.1) is 0 Å². The Labute approximate surface area is 98.8 Å². The van der Waals surface area contributed by atoms with E-state index in [0.29, 0.717) is 10.8 Å². The van der Waals surface area contributed by atoms with Gasteiger partial charge in [-0.05, 0) is 24.6 Å². The Morgan fingerprint density at radius 2 is 2.38 bits per heavy atom. The van der Waals surface area contributed by atoms with Crippen molar-refractivity contribution in [1.29, 1.82) is 5.26 Å². The smallest absolute Gasteiger partial charge is 0.258 e. The predicted octanol–water partition coefficient (Wildman–Crippen LogP) is 1.67. The molecule has 0 spiro atoms. The Morgan fingerprint density at radius 3 is 3.06 bits per heavy atom. The Bertz CT molecular complexity index is 426. The summed E-state index contributed by atoms with van der Waals surface area (Å²) >= 11 is 5.79. The van der Waals surface area contributed by atoms with Crippen molar-refractivity contribution >= 4 is 17.5 Å². The van der Waals surface area contributed by atoms with Crippen LogP contribution >= 0.6 is 11.6 Å². The Balaban J connectivity index is 2.51. The lowest BCUT2D eigenvalue weighted by Gasteiger charge is -2.08. The number of nitrogens with one attached hydrogen (secondary N) is 1. The van der Waals surface area contributed by atoms with Gasteiger partial charge in [0.25, 0.3) is 5.91 Å². The number of nitriles is 1. The lowest BCUT2D eigenvalue weighted by atomic mass is 10.2. The summed E-state index contributed by atoms with van der Waals surface area (Å²) in [4.78, 5) is 11.2. The van der Waals surface area contributed by atoms with E-state index in [1.807, 2.05) is 19.1 Å². The molecule has 0 aromatic heterocycles. The molecule has 1 amide bonds.